The van der Waals surface area contributed by atoms with Gasteiger partial charge in [0, 0.05) is 25.4 Å². The lowest BCUT2D eigenvalue weighted by Crippen LogP contribution is -2.12. The first kappa shape index (κ1) is 19.9. The monoisotopic (exact) mass is 359 g/mol. The number of hydrogen-bond acceptors (Lipinski definition) is 5. The zero-order valence-corrected chi connectivity index (χ0v) is 12.8. The molecule has 6 nitrogen and oxygen atoms in total. The molecule has 0 radical (unpaired) electrons. The van der Waals surface area contributed by atoms with Gasteiger partial charge >= 0.3 is 6.18 Å². The Balaban J connectivity index is 0.000000450. The molecule has 0 atom stereocenters. The van der Waals surface area contributed by atoms with Crippen molar-refractivity contribution >= 4 is 17.9 Å². The zero-order valence-electron chi connectivity index (χ0n) is 12.8. The van der Waals surface area contributed by atoms with Gasteiger partial charge in [0.25, 0.3) is 5.91 Å². The summed E-state index contributed by atoms with van der Waals surface area (Å²) in [6.07, 6.45) is -4.30. The number of primary amides is 1. The molecule has 2 aromatic rings. The van der Waals surface area contributed by atoms with E-state index >= 15 is 0 Å². The number of carbonyl (C=O) groups excluding carboxylic acids is 2. The largest absolute Gasteiger partial charge is 0.457 e. The highest BCUT2D eigenvalue weighted by Gasteiger charge is 2.24. The third-order valence-corrected chi connectivity index (χ3v) is 2.56. The topological polar surface area (TPSA) is 94.3 Å². The minimum absolute atomic E-state index is 0.0878. The zero-order chi connectivity index (χ0) is 19.0. The molecule has 0 saturated heterocycles. The SMILES string of the molecule is CNc1ccc(Oc2ccnc(C(N)=O)c2)cc1F.O=CC(F)(F)F. The van der Waals surface area contributed by atoms with Crippen molar-refractivity contribution < 1.29 is 31.9 Å². The number of pyridine rings is 1. The normalized spacial score (nSPS) is 10.3. The molecule has 1 heterocycles. The molecule has 0 aliphatic heterocycles. The summed E-state index contributed by atoms with van der Waals surface area (Å²) in [7, 11) is 1.63. The van der Waals surface area contributed by atoms with Crippen molar-refractivity contribution in [2.45, 2.75) is 6.18 Å². The number of aromatic nitrogens is 1. The fourth-order valence-corrected chi connectivity index (χ4v) is 1.51. The Bertz CT molecular complexity index is 751. The first-order valence-electron chi connectivity index (χ1n) is 6.60. The molecule has 0 aliphatic carbocycles. The predicted molar refractivity (Wildman–Crippen MR) is 80.9 cm³/mol. The Morgan fingerprint density at radius 1 is 1.24 bits per heavy atom. The van der Waals surface area contributed by atoms with Crippen molar-refractivity contribution in [2.24, 2.45) is 5.73 Å². The molecule has 25 heavy (non-hydrogen) atoms. The first-order valence-corrected chi connectivity index (χ1v) is 6.60. The van der Waals surface area contributed by atoms with Crippen LogP contribution in [-0.4, -0.2) is 30.4 Å². The number of benzene rings is 1. The number of nitrogens with zero attached hydrogens (tertiary/aromatic N) is 1. The summed E-state index contributed by atoms with van der Waals surface area (Å²) in [6.45, 7) is 0. The van der Waals surface area contributed by atoms with Crippen LogP contribution in [0.25, 0.3) is 0 Å². The summed E-state index contributed by atoms with van der Waals surface area (Å²) < 4.78 is 50.2. The van der Waals surface area contributed by atoms with Crippen LogP contribution in [0.3, 0.4) is 0 Å². The molecule has 0 unspecified atom stereocenters. The molecule has 10 heteroatoms. The van der Waals surface area contributed by atoms with Crippen LogP contribution in [0, 0.1) is 5.82 Å². The lowest BCUT2D eigenvalue weighted by molar-refractivity contribution is -0.156. The Labute approximate surface area is 139 Å². The van der Waals surface area contributed by atoms with Gasteiger partial charge in [-0.15, -0.1) is 0 Å². The third kappa shape index (κ3) is 6.85. The molecule has 1 aromatic carbocycles. The summed E-state index contributed by atoms with van der Waals surface area (Å²) in [5.74, 6) is -0.398. The number of alkyl halides is 3. The van der Waals surface area contributed by atoms with E-state index < -0.39 is 24.2 Å². The number of anilines is 1. The highest BCUT2D eigenvalue weighted by Crippen LogP contribution is 2.25. The van der Waals surface area contributed by atoms with Gasteiger partial charge < -0.3 is 15.8 Å². The minimum Gasteiger partial charge on any atom is -0.457 e. The molecule has 0 saturated carbocycles. The van der Waals surface area contributed by atoms with Crippen molar-refractivity contribution in [1.29, 1.82) is 0 Å². The summed E-state index contributed by atoms with van der Waals surface area (Å²) in [5.41, 5.74) is 5.58. The third-order valence-electron chi connectivity index (χ3n) is 2.56. The van der Waals surface area contributed by atoms with Crippen LogP contribution in [-0.2, 0) is 4.79 Å². The van der Waals surface area contributed by atoms with Crippen molar-refractivity contribution in [3.8, 4) is 11.5 Å². The molecular weight excluding hydrogens is 346 g/mol. The molecule has 1 aromatic heterocycles. The van der Waals surface area contributed by atoms with Gasteiger partial charge in [0.05, 0.1) is 5.69 Å². The van der Waals surface area contributed by atoms with E-state index in [1.54, 1.807) is 25.2 Å². The maximum Gasteiger partial charge on any atom is 0.446 e. The van der Waals surface area contributed by atoms with Gasteiger partial charge in [-0.2, -0.15) is 13.2 Å². The van der Waals surface area contributed by atoms with Crippen LogP contribution in [0.2, 0.25) is 0 Å². The molecule has 0 fully saturated rings. The van der Waals surface area contributed by atoms with Gasteiger partial charge in [0.15, 0.2) is 0 Å². The number of aldehydes is 1. The van der Waals surface area contributed by atoms with E-state index in [0.29, 0.717) is 17.2 Å². The van der Waals surface area contributed by atoms with E-state index in [9.17, 15) is 22.4 Å². The molecule has 0 aliphatic rings. The number of nitrogens with one attached hydrogen (secondary N) is 1. The number of halogens is 4. The second-order valence-corrected chi connectivity index (χ2v) is 4.39. The second kappa shape index (κ2) is 8.62. The van der Waals surface area contributed by atoms with Crippen LogP contribution in [0.15, 0.2) is 36.5 Å². The van der Waals surface area contributed by atoms with Gasteiger partial charge in [0.2, 0.25) is 6.29 Å². The van der Waals surface area contributed by atoms with E-state index in [2.05, 4.69) is 10.3 Å². The van der Waals surface area contributed by atoms with Crippen molar-refractivity contribution in [2.75, 3.05) is 12.4 Å². The molecule has 134 valence electrons. The molecule has 3 N–H and O–H groups in total. The van der Waals surface area contributed by atoms with Gasteiger partial charge in [-0.1, -0.05) is 0 Å². The maximum atomic E-state index is 13.5. The Kier molecular flexibility index (Phi) is 6.85. The van der Waals surface area contributed by atoms with Crippen molar-refractivity contribution in [3.05, 3.63) is 48.0 Å². The number of nitrogens with two attached hydrogens (primary N) is 1. The van der Waals surface area contributed by atoms with E-state index in [1.165, 1.54) is 18.3 Å². The Morgan fingerprint density at radius 3 is 2.32 bits per heavy atom. The average Bonchev–Trinajstić information content (AvgIpc) is 2.55. The fraction of sp³-hybridized carbons (Fsp3) is 0.133. The molecule has 0 spiro atoms. The molecular formula is C15H13F4N3O3. The number of hydrogen-bond donors (Lipinski definition) is 2. The van der Waals surface area contributed by atoms with E-state index in [-0.39, 0.29) is 5.69 Å². The van der Waals surface area contributed by atoms with E-state index in [4.69, 9.17) is 15.3 Å². The number of ether oxygens (including phenoxy) is 1. The predicted octanol–water partition coefficient (Wildman–Crippen LogP) is 2.90. The van der Waals surface area contributed by atoms with Gasteiger partial charge in [0.1, 0.15) is 23.0 Å². The van der Waals surface area contributed by atoms with Gasteiger partial charge in [-0.3, -0.25) is 14.6 Å². The average molecular weight is 359 g/mol. The molecule has 0 bridgehead atoms. The highest BCUT2D eigenvalue weighted by atomic mass is 19.4. The van der Waals surface area contributed by atoms with Crippen LogP contribution < -0.4 is 15.8 Å². The molecule has 2 rings (SSSR count). The number of amides is 1. The second-order valence-electron chi connectivity index (χ2n) is 4.39. The van der Waals surface area contributed by atoms with E-state index in [0.717, 1.165) is 0 Å². The summed E-state index contributed by atoms with van der Waals surface area (Å²) >= 11 is 0. The minimum atomic E-state index is -4.64. The van der Waals surface area contributed by atoms with Gasteiger partial charge in [-0.25, -0.2) is 4.39 Å². The lowest BCUT2D eigenvalue weighted by Gasteiger charge is -2.08. The maximum absolute atomic E-state index is 13.5. The number of carbonyl (C=O) groups is 2. The van der Waals surface area contributed by atoms with Crippen molar-refractivity contribution in [3.63, 3.8) is 0 Å². The fourth-order valence-electron chi connectivity index (χ4n) is 1.51. The smallest absolute Gasteiger partial charge is 0.446 e. The summed E-state index contributed by atoms with van der Waals surface area (Å²) in [6, 6.07) is 7.36. The van der Waals surface area contributed by atoms with Gasteiger partial charge in [-0.05, 0) is 18.2 Å². The van der Waals surface area contributed by atoms with Crippen LogP contribution in [0.5, 0.6) is 11.5 Å². The van der Waals surface area contributed by atoms with Crippen LogP contribution in [0.4, 0.5) is 23.2 Å². The standard InChI is InChI=1S/C13H12FN3O2.C2HF3O/c1-16-11-3-2-8(6-10(11)14)19-9-4-5-17-12(7-9)13(15)18;3-2(4,5)1-6/h2-7,16H,1H3,(H2,15,18);1H. The van der Waals surface area contributed by atoms with Crippen molar-refractivity contribution in [1.82, 2.24) is 4.98 Å². The highest BCUT2D eigenvalue weighted by molar-refractivity contribution is 5.91. The molecule has 1 amide bonds. The number of rotatable bonds is 4. The summed E-state index contributed by atoms with van der Waals surface area (Å²) in [4.78, 5) is 23.5. The van der Waals surface area contributed by atoms with Crippen LogP contribution >= 0.6 is 0 Å². The first-order chi connectivity index (χ1) is 11.7. The Morgan fingerprint density at radius 2 is 1.84 bits per heavy atom. The lowest BCUT2D eigenvalue weighted by atomic mass is 10.3. The van der Waals surface area contributed by atoms with Crippen LogP contribution in [0.1, 0.15) is 10.5 Å². The Hall–Kier alpha value is -3.17. The quantitative estimate of drug-likeness (QED) is 0.647. The summed E-state index contributed by atoms with van der Waals surface area (Å²) in [5, 5.41) is 2.71. The van der Waals surface area contributed by atoms with E-state index in [1.807, 2.05) is 0 Å².